The molecule has 0 aliphatic rings. The van der Waals surface area contributed by atoms with Crippen LogP contribution in [0.2, 0.25) is 0 Å². The molecule has 2 atom stereocenters. The highest BCUT2D eigenvalue weighted by molar-refractivity contribution is 7.47. The van der Waals surface area contributed by atoms with E-state index in [2.05, 4.69) is 50.3 Å². The molecular formula is C74H143NO8P+. The first-order chi connectivity index (χ1) is 41.0. The fourth-order valence-electron chi connectivity index (χ4n) is 11.0. The van der Waals surface area contributed by atoms with Gasteiger partial charge in [0.15, 0.2) is 6.10 Å². The van der Waals surface area contributed by atoms with Crippen molar-refractivity contribution in [2.24, 2.45) is 0 Å². The van der Waals surface area contributed by atoms with E-state index in [9.17, 15) is 19.0 Å². The number of hydrogen-bond acceptors (Lipinski definition) is 7. The molecule has 496 valence electrons. The lowest BCUT2D eigenvalue weighted by Gasteiger charge is -2.24. The van der Waals surface area contributed by atoms with Crippen molar-refractivity contribution in [2.75, 3.05) is 47.5 Å². The lowest BCUT2D eigenvalue weighted by atomic mass is 10.0. The van der Waals surface area contributed by atoms with E-state index < -0.39 is 26.5 Å². The number of ether oxygens (including phenoxy) is 2. The number of carbonyl (C=O) groups excluding carboxylic acids is 2. The monoisotopic (exact) mass is 1210 g/mol. The van der Waals surface area contributed by atoms with Crippen LogP contribution in [0.25, 0.3) is 0 Å². The molecule has 0 amide bonds. The van der Waals surface area contributed by atoms with Gasteiger partial charge < -0.3 is 18.9 Å². The number of carbonyl (C=O) groups is 2. The van der Waals surface area contributed by atoms with E-state index in [4.69, 9.17) is 18.5 Å². The van der Waals surface area contributed by atoms with Crippen LogP contribution in [0.5, 0.6) is 0 Å². The van der Waals surface area contributed by atoms with Crippen molar-refractivity contribution in [3.8, 4) is 0 Å². The van der Waals surface area contributed by atoms with Crippen molar-refractivity contribution in [3.63, 3.8) is 0 Å². The summed E-state index contributed by atoms with van der Waals surface area (Å²) in [5.74, 6) is -0.779. The van der Waals surface area contributed by atoms with E-state index in [0.717, 1.165) is 44.9 Å². The lowest BCUT2D eigenvalue weighted by molar-refractivity contribution is -0.870. The van der Waals surface area contributed by atoms with Crippen molar-refractivity contribution in [3.05, 3.63) is 36.5 Å². The molecule has 9 nitrogen and oxygen atoms in total. The molecule has 10 heteroatoms. The summed E-state index contributed by atoms with van der Waals surface area (Å²) in [5.41, 5.74) is 0. The Balaban J connectivity index is 3.97. The van der Waals surface area contributed by atoms with Gasteiger partial charge in [0.1, 0.15) is 19.8 Å². The van der Waals surface area contributed by atoms with E-state index in [1.54, 1.807) is 0 Å². The van der Waals surface area contributed by atoms with E-state index in [1.165, 1.54) is 295 Å². The first-order valence-corrected chi connectivity index (χ1v) is 38.2. The van der Waals surface area contributed by atoms with Crippen molar-refractivity contribution in [1.29, 1.82) is 0 Å². The fourth-order valence-corrected chi connectivity index (χ4v) is 11.8. The molecule has 1 N–H and O–H groups in total. The second-order valence-electron chi connectivity index (χ2n) is 26.3. The Morgan fingerprint density at radius 1 is 0.369 bits per heavy atom. The molecule has 0 radical (unpaired) electrons. The summed E-state index contributed by atoms with van der Waals surface area (Å²) in [4.78, 5) is 35.9. The van der Waals surface area contributed by atoms with Crippen LogP contribution in [0.1, 0.15) is 373 Å². The summed E-state index contributed by atoms with van der Waals surface area (Å²) in [6.07, 6.45) is 84.1. The number of phosphoric acid groups is 1. The number of phosphoric ester groups is 1. The highest BCUT2D eigenvalue weighted by Crippen LogP contribution is 2.43. The molecule has 0 spiro atoms. The third-order valence-corrected chi connectivity index (χ3v) is 17.7. The predicted octanol–water partition coefficient (Wildman–Crippen LogP) is 23.8. The first kappa shape index (κ1) is 82.2. The van der Waals surface area contributed by atoms with Gasteiger partial charge in [-0.05, 0) is 51.4 Å². The van der Waals surface area contributed by atoms with Crippen LogP contribution in [0.4, 0.5) is 0 Å². The Labute approximate surface area is 522 Å². The van der Waals surface area contributed by atoms with Crippen LogP contribution < -0.4 is 0 Å². The van der Waals surface area contributed by atoms with Crippen LogP contribution in [0, 0.1) is 0 Å². The van der Waals surface area contributed by atoms with E-state index in [1.807, 2.05) is 21.1 Å². The van der Waals surface area contributed by atoms with Crippen LogP contribution in [0.3, 0.4) is 0 Å². The van der Waals surface area contributed by atoms with Gasteiger partial charge in [-0.3, -0.25) is 18.6 Å². The number of nitrogens with zero attached hydrogens (tertiary/aromatic N) is 1. The van der Waals surface area contributed by atoms with Crippen molar-refractivity contribution in [2.45, 2.75) is 380 Å². The van der Waals surface area contributed by atoms with Crippen LogP contribution in [-0.2, 0) is 32.7 Å². The van der Waals surface area contributed by atoms with Gasteiger partial charge in [0, 0.05) is 12.8 Å². The molecule has 0 aromatic carbocycles. The molecular weight excluding hydrogens is 1060 g/mol. The minimum atomic E-state index is -4.39. The summed E-state index contributed by atoms with van der Waals surface area (Å²) in [5, 5.41) is 0. The molecule has 0 aliphatic carbocycles. The maximum Gasteiger partial charge on any atom is 0.472 e. The summed E-state index contributed by atoms with van der Waals surface area (Å²) >= 11 is 0. The molecule has 0 aromatic heterocycles. The lowest BCUT2D eigenvalue weighted by Crippen LogP contribution is -2.37. The molecule has 2 unspecified atom stereocenters. The quantitative estimate of drug-likeness (QED) is 0.0211. The van der Waals surface area contributed by atoms with Gasteiger partial charge in [0.05, 0.1) is 27.7 Å². The number of allylic oxidation sites excluding steroid dienone is 6. The van der Waals surface area contributed by atoms with E-state index in [0.29, 0.717) is 23.9 Å². The van der Waals surface area contributed by atoms with Crippen LogP contribution >= 0.6 is 7.82 Å². The maximum atomic E-state index is 12.9. The zero-order chi connectivity index (χ0) is 61.2. The van der Waals surface area contributed by atoms with E-state index >= 15 is 0 Å². The Morgan fingerprint density at radius 3 is 0.952 bits per heavy atom. The summed E-state index contributed by atoms with van der Waals surface area (Å²) in [7, 11) is 1.49. The number of quaternary nitrogens is 1. The number of hydrogen-bond donors (Lipinski definition) is 1. The zero-order valence-electron chi connectivity index (χ0n) is 56.7. The number of likely N-dealkylation sites (N-methyl/N-ethyl adjacent to an activating group) is 1. The minimum Gasteiger partial charge on any atom is -0.462 e. The topological polar surface area (TPSA) is 108 Å². The molecule has 0 saturated heterocycles. The van der Waals surface area contributed by atoms with Crippen molar-refractivity contribution >= 4 is 19.8 Å². The Morgan fingerprint density at radius 2 is 0.643 bits per heavy atom. The third kappa shape index (κ3) is 69.3. The first-order valence-electron chi connectivity index (χ1n) is 36.7. The summed E-state index contributed by atoms with van der Waals surface area (Å²) in [6, 6.07) is 0. The molecule has 0 fully saturated rings. The number of unbranched alkanes of at least 4 members (excludes halogenated alkanes) is 49. The van der Waals surface area contributed by atoms with Gasteiger partial charge in [-0.2, -0.15) is 0 Å². The van der Waals surface area contributed by atoms with Gasteiger partial charge in [-0.1, -0.05) is 346 Å². The highest BCUT2D eigenvalue weighted by atomic mass is 31.2. The molecule has 0 heterocycles. The average Bonchev–Trinajstić information content (AvgIpc) is 3.61. The van der Waals surface area contributed by atoms with Gasteiger partial charge >= 0.3 is 19.8 Å². The predicted molar refractivity (Wildman–Crippen MR) is 363 cm³/mol. The molecule has 0 rings (SSSR count). The molecule has 0 bridgehead atoms. The summed E-state index contributed by atoms with van der Waals surface area (Å²) in [6.45, 7) is 4.49. The zero-order valence-corrected chi connectivity index (χ0v) is 57.6. The number of rotatable bonds is 69. The largest absolute Gasteiger partial charge is 0.472 e. The van der Waals surface area contributed by atoms with Crippen LogP contribution in [0.15, 0.2) is 36.5 Å². The Hall–Kier alpha value is -1.77. The van der Waals surface area contributed by atoms with Crippen LogP contribution in [-0.4, -0.2) is 74.9 Å². The average molecular weight is 1210 g/mol. The summed E-state index contributed by atoms with van der Waals surface area (Å²) < 4.78 is 34.8. The second-order valence-corrected chi connectivity index (χ2v) is 27.8. The SMILES string of the molecule is CCCCCCC/C=C\C/C=C\C/C=C\CCCCCCCCCCCCCCC(=O)OC(COC(=O)CCCCCCCCCCCCCCCCCCCCCCCCCCCCCCCCCCC)COP(=O)(O)OCC[N+](C)(C)C. The molecule has 84 heavy (non-hydrogen) atoms. The van der Waals surface area contributed by atoms with Gasteiger partial charge in [-0.25, -0.2) is 4.57 Å². The van der Waals surface area contributed by atoms with Gasteiger partial charge in [-0.15, -0.1) is 0 Å². The Bertz CT molecular complexity index is 1510. The Kier molecular flexibility index (Phi) is 64.3. The third-order valence-electron chi connectivity index (χ3n) is 16.7. The minimum absolute atomic E-state index is 0.0334. The number of esters is 2. The van der Waals surface area contributed by atoms with Gasteiger partial charge in [0.2, 0.25) is 0 Å². The smallest absolute Gasteiger partial charge is 0.462 e. The fraction of sp³-hybridized carbons (Fsp3) is 0.892. The second kappa shape index (κ2) is 65.7. The standard InChI is InChI=1S/C74H142NO8P/c1-6-8-10-12-14-16-18-20-22-24-26-28-30-32-34-35-36-37-38-39-41-42-44-46-48-50-52-54-56-58-60-62-64-66-73(76)80-70-72(71-82-84(78,79)81-69-68-75(3,4)5)83-74(77)67-65-63-61-59-57-55-53-51-49-47-45-43-40-33-31-29-27-25-23-21-19-17-15-13-11-9-7-2/h19,21,25,27,31,33,72H,6-18,20,22-24,26,28-30,32,34-71H2,1-5H3/p+1/b21-19-,27-25-,33-31-. The van der Waals surface area contributed by atoms with Crippen molar-refractivity contribution < 1.29 is 42.1 Å². The molecule has 0 aliphatic heterocycles. The normalized spacial score (nSPS) is 13.3. The van der Waals surface area contributed by atoms with Gasteiger partial charge in [0.25, 0.3) is 0 Å². The molecule has 0 aromatic rings. The van der Waals surface area contributed by atoms with E-state index in [-0.39, 0.29) is 25.6 Å². The van der Waals surface area contributed by atoms with Crippen molar-refractivity contribution in [1.82, 2.24) is 0 Å². The maximum absolute atomic E-state index is 12.9. The molecule has 0 saturated carbocycles. The highest BCUT2D eigenvalue weighted by Gasteiger charge is 2.27.